The lowest BCUT2D eigenvalue weighted by atomic mass is 10.1. The van der Waals surface area contributed by atoms with E-state index in [9.17, 15) is 9.90 Å². The van der Waals surface area contributed by atoms with Crippen LogP contribution in [-0.2, 0) is 6.54 Å². The molecule has 0 spiro atoms. The van der Waals surface area contributed by atoms with Gasteiger partial charge in [0, 0.05) is 6.54 Å². The second-order valence-corrected chi connectivity index (χ2v) is 5.33. The summed E-state index contributed by atoms with van der Waals surface area (Å²) < 4.78 is 10.4. The van der Waals surface area contributed by atoms with Crippen molar-refractivity contribution in [2.45, 2.75) is 19.5 Å². The highest BCUT2D eigenvalue weighted by Crippen LogP contribution is 2.27. The Kier molecular flexibility index (Phi) is 5.89. The highest BCUT2D eigenvalue weighted by Gasteiger charge is 2.10. The van der Waals surface area contributed by atoms with E-state index >= 15 is 0 Å². The summed E-state index contributed by atoms with van der Waals surface area (Å²) in [7, 11) is 3.14. The van der Waals surface area contributed by atoms with Gasteiger partial charge in [-0.25, -0.2) is 4.79 Å². The van der Waals surface area contributed by atoms with Gasteiger partial charge >= 0.3 is 6.03 Å². The number of hydrogen-bond donors (Lipinski definition) is 3. The van der Waals surface area contributed by atoms with Gasteiger partial charge < -0.3 is 25.2 Å². The van der Waals surface area contributed by atoms with Crippen molar-refractivity contribution >= 4 is 6.03 Å². The number of nitrogens with one attached hydrogen (secondary N) is 2. The third-order valence-electron chi connectivity index (χ3n) is 3.62. The van der Waals surface area contributed by atoms with Gasteiger partial charge in [-0.2, -0.15) is 0 Å². The zero-order chi connectivity index (χ0) is 17.5. The SMILES string of the molecule is COc1ccc(CNC(=O)N[C@H](C)c2cccc(O)c2)cc1OC. The Bertz CT molecular complexity index is 703. The van der Waals surface area contributed by atoms with Gasteiger partial charge in [-0.1, -0.05) is 18.2 Å². The van der Waals surface area contributed by atoms with Gasteiger partial charge in [0.05, 0.1) is 20.3 Å². The number of carbonyl (C=O) groups is 1. The third kappa shape index (κ3) is 4.55. The van der Waals surface area contributed by atoms with E-state index in [4.69, 9.17) is 9.47 Å². The third-order valence-corrected chi connectivity index (χ3v) is 3.62. The van der Waals surface area contributed by atoms with E-state index in [1.165, 1.54) is 0 Å². The van der Waals surface area contributed by atoms with Gasteiger partial charge in [0.25, 0.3) is 0 Å². The highest BCUT2D eigenvalue weighted by molar-refractivity contribution is 5.74. The minimum Gasteiger partial charge on any atom is -0.508 e. The Morgan fingerprint density at radius 3 is 2.54 bits per heavy atom. The maximum atomic E-state index is 12.0. The molecule has 1 atom stereocenters. The molecule has 24 heavy (non-hydrogen) atoms. The van der Waals surface area contributed by atoms with Crippen LogP contribution in [0.5, 0.6) is 17.2 Å². The normalized spacial score (nSPS) is 11.5. The number of ether oxygens (including phenoxy) is 2. The van der Waals surface area contributed by atoms with E-state index < -0.39 is 0 Å². The lowest BCUT2D eigenvalue weighted by Crippen LogP contribution is -2.36. The molecule has 0 aliphatic rings. The average Bonchev–Trinajstić information content (AvgIpc) is 2.59. The van der Waals surface area contributed by atoms with E-state index in [0.29, 0.717) is 18.0 Å². The first kappa shape index (κ1) is 17.5. The number of rotatable bonds is 6. The summed E-state index contributed by atoms with van der Waals surface area (Å²) in [5, 5.41) is 15.1. The first-order chi connectivity index (χ1) is 11.5. The van der Waals surface area contributed by atoms with Crippen molar-refractivity contribution in [2.24, 2.45) is 0 Å². The van der Waals surface area contributed by atoms with Gasteiger partial charge in [-0.15, -0.1) is 0 Å². The maximum Gasteiger partial charge on any atom is 0.315 e. The monoisotopic (exact) mass is 330 g/mol. The second-order valence-electron chi connectivity index (χ2n) is 5.33. The molecule has 0 fully saturated rings. The van der Waals surface area contributed by atoms with Crippen molar-refractivity contribution in [3.05, 3.63) is 53.6 Å². The van der Waals surface area contributed by atoms with Crippen LogP contribution in [0.1, 0.15) is 24.1 Å². The van der Waals surface area contributed by atoms with E-state index in [0.717, 1.165) is 11.1 Å². The molecule has 0 radical (unpaired) electrons. The van der Waals surface area contributed by atoms with Crippen LogP contribution in [0.2, 0.25) is 0 Å². The summed E-state index contributed by atoms with van der Waals surface area (Å²) in [6.45, 7) is 2.21. The number of hydrogen-bond acceptors (Lipinski definition) is 4. The molecule has 2 amide bonds. The Balaban J connectivity index is 1.91. The Hall–Kier alpha value is -2.89. The summed E-state index contributed by atoms with van der Waals surface area (Å²) in [5.41, 5.74) is 1.73. The molecule has 3 N–H and O–H groups in total. The molecule has 0 aliphatic carbocycles. The minimum absolute atomic E-state index is 0.173. The predicted octanol–water partition coefficient (Wildman–Crippen LogP) is 2.97. The van der Waals surface area contributed by atoms with Crippen molar-refractivity contribution in [1.29, 1.82) is 0 Å². The smallest absolute Gasteiger partial charge is 0.315 e. The van der Waals surface area contributed by atoms with Crippen molar-refractivity contribution in [2.75, 3.05) is 14.2 Å². The zero-order valence-corrected chi connectivity index (χ0v) is 14.0. The van der Waals surface area contributed by atoms with Crippen LogP contribution in [0.4, 0.5) is 4.79 Å². The van der Waals surface area contributed by atoms with Gasteiger partial charge in [0.2, 0.25) is 0 Å². The molecule has 2 aromatic rings. The largest absolute Gasteiger partial charge is 0.508 e. The fourth-order valence-electron chi connectivity index (χ4n) is 2.30. The molecule has 6 nitrogen and oxygen atoms in total. The van der Waals surface area contributed by atoms with Gasteiger partial charge in [-0.05, 0) is 42.3 Å². The molecule has 0 heterocycles. The fourth-order valence-corrected chi connectivity index (χ4v) is 2.30. The number of amides is 2. The van der Waals surface area contributed by atoms with Crippen molar-refractivity contribution in [3.63, 3.8) is 0 Å². The highest BCUT2D eigenvalue weighted by atomic mass is 16.5. The summed E-state index contributed by atoms with van der Waals surface area (Å²) >= 11 is 0. The Morgan fingerprint density at radius 1 is 1.12 bits per heavy atom. The number of urea groups is 1. The first-order valence-corrected chi connectivity index (χ1v) is 7.57. The molecule has 0 unspecified atom stereocenters. The predicted molar refractivity (Wildman–Crippen MR) is 91.4 cm³/mol. The average molecular weight is 330 g/mol. The molecule has 0 aromatic heterocycles. The van der Waals surface area contributed by atoms with Crippen LogP contribution in [0.15, 0.2) is 42.5 Å². The van der Waals surface area contributed by atoms with Gasteiger partial charge in [0.15, 0.2) is 11.5 Å². The van der Waals surface area contributed by atoms with Crippen LogP contribution >= 0.6 is 0 Å². The molecule has 2 aromatic carbocycles. The summed E-state index contributed by atoms with van der Waals surface area (Å²) in [6, 6.07) is 11.8. The molecule has 128 valence electrons. The Labute approximate surface area is 141 Å². The second kappa shape index (κ2) is 8.10. The summed E-state index contributed by atoms with van der Waals surface area (Å²) in [6.07, 6.45) is 0. The number of methoxy groups -OCH3 is 2. The fraction of sp³-hybridized carbons (Fsp3) is 0.278. The zero-order valence-electron chi connectivity index (χ0n) is 14.0. The summed E-state index contributed by atoms with van der Waals surface area (Å²) in [4.78, 5) is 12.0. The minimum atomic E-state index is -0.291. The van der Waals surface area contributed by atoms with E-state index in [-0.39, 0.29) is 17.8 Å². The topological polar surface area (TPSA) is 79.8 Å². The first-order valence-electron chi connectivity index (χ1n) is 7.57. The lowest BCUT2D eigenvalue weighted by Gasteiger charge is -2.16. The quantitative estimate of drug-likeness (QED) is 0.761. The standard InChI is InChI=1S/C18H22N2O4/c1-12(14-5-4-6-15(21)10-14)20-18(22)19-11-13-7-8-16(23-2)17(9-13)24-3/h4-10,12,21H,11H2,1-3H3,(H2,19,20,22)/t12-/m1/s1. The number of phenolic OH excluding ortho intramolecular Hbond substituents is 1. The number of benzene rings is 2. The number of phenols is 1. The van der Waals surface area contributed by atoms with Gasteiger partial charge in [-0.3, -0.25) is 0 Å². The number of carbonyl (C=O) groups excluding carboxylic acids is 1. The molecule has 0 saturated carbocycles. The molecule has 0 bridgehead atoms. The lowest BCUT2D eigenvalue weighted by molar-refractivity contribution is 0.237. The van der Waals surface area contributed by atoms with E-state index in [2.05, 4.69) is 10.6 Å². The van der Waals surface area contributed by atoms with E-state index in [1.54, 1.807) is 38.5 Å². The molecule has 0 aliphatic heterocycles. The molecular weight excluding hydrogens is 308 g/mol. The van der Waals surface area contributed by atoms with Crippen LogP contribution in [0.3, 0.4) is 0 Å². The Morgan fingerprint density at radius 2 is 1.88 bits per heavy atom. The molecular formula is C18H22N2O4. The number of aromatic hydroxyl groups is 1. The van der Waals surface area contributed by atoms with Crippen molar-refractivity contribution in [3.8, 4) is 17.2 Å². The van der Waals surface area contributed by atoms with Crippen LogP contribution < -0.4 is 20.1 Å². The summed E-state index contributed by atoms with van der Waals surface area (Å²) in [5.74, 6) is 1.43. The van der Waals surface area contributed by atoms with Crippen LogP contribution in [-0.4, -0.2) is 25.4 Å². The molecule has 2 rings (SSSR count). The van der Waals surface area contributed by atoms with Crippen LogP contribution in [0.25, 0.3) is 0 Å². The van der Waals surface area contributed by atoms with Crippen molar-refractivity contribution in [1.82, 2.24) is 10.6 Å². The maximum absolute atomic E-state index is 12.0. The van der Waals surface area contributed by atoms with E-state index in [1.807, 2.05) is 25.1 Å². The van der Waals surface area contributed by atoms with Gasteiger partial charge in [0.1, 0.15) is 5.75 Å². The van der Waals surface area contributed by atoms with Crippen LogP contribution in [0, 0.1) is 0 Å². The molecule has 0 saturated heterocycles. The molecule has 6 heteroatoms. The van der Waals surface area contributed by atoms with Crippen molar-refractivity contribution < 1.29 is 19.4 Å².